The van der Waals surface area contributed by atoms with Gasteiger partial charge in [-0.15, -0.1) is 0 Å². The molecule has 0 fully saturated rings. The average molecular weight is 142 g/mol. The van der Waals surface area contributed by atoms with Crippen LogP contribution in [0.5, 0.6) is 0 Å². The third-order valence-corrected chi connectivity index (χ3v) is 0. The number of urea groups is 1. The Bertz CT molecular complexity index is 82.5. The molecular formula is C2H6CaN4O+2. The second kappa shape index (κ2) is 15.8. The van der Waals surface area contributed by atoms with Crippen molar-refractivity contribution < 1.29 is 4.79 Å². The summed E-state index contributed by atoms with van der Waals surface area (Å²) in [4.78, 5) is 9.00. The third kappa shape index (κ3) is 4160. The van der Waals surface area contributed by atoms with Gasteiger partial charge in [-0.2, -0.15) is 5.26 Å². The number of nitriles is 1. The van der Waals surface area contributed by atoms with Crippen LogP contribution in [0.4, 0.5) is 4.79 Å². The van der Waals surface area contributed by atoms with Gasteiger partial charge in [0, 0.05) is 0 Å². The molecule has 0 aliphatic heterocycles. The van der Waals surface area contributed by atoms with Crippen molar-refractivity contribution in [2.45, 2.75) is 0 Å². The van der Waals surface area contributed by atoms with E-state index in [0.717, 1.165) is 0 Å². The molecule has 0 saturated carbocycles. The van der Waals surface area contributed by atoms with E-state index in [4.69, 9.17) is 10.1 Å². The van der Waals surface area contributed by atoms with E-state index in [0.29, 0.717) is 0 Å². The molecule has 6 heteroatoms. The minimum absolute atomic E-state index is 0. The zero-order chi connectivity index (χ0) is 6.28. The molecule has 0 heterocycles. The largest absolute Gasteiger partial charge is 2.00 e. The van der Waals surface area contributed by atoms with Crippen LogP contribution in [0.15, 0.2) is 0 Å². The zero-order valence-electron chi connectivity index (χ0n) is 4.29. The Morgan fingerprint density at radius 2 is 1.50 bits per heavy atom. The molecule has 5 nitrogen and oxygen atoms in total. The molecule has 2 amide bonds. The number of rotatable bonds is 0. The monoisotopic (exact) mass is 142 g/mol. The van der Waals surface area contributed by atoms with Crippen LogP contribution in [0.25, 0.3) is 0 Å². The summed E-state index contributed by atoms with van der Waals surface area (Å²) < 4.78 is 0. The SMILES string of the molecule is N#CN.NC(N)=O.[Ca+2]. The fourth-order valence-electron chi connectivity index (χ4n) is 0. The predicted octanol–water partition coefficient (Wildman–Crippen LogP) is -1.93. The van der Waals surface area contributed by atoms with Gasteiger partial charge in [0.2, 0.25) is 0 Å². The molecule has 40 valence electrons. The molecule has 0 radical (unpaired) electrons. The standard InChI is InChI=1S/CH4N2O.CH2N2.Ca/c2-1(3)4;2-1-3;/h(H4,2,3,4);2H2;/q;;+2. The Labute approximate surface area is 76.8 Å². The molecule has 6 N–H and O–H groups in total. The summed E-state index contributed by atoms with van der Waals surface area (Å²) in [5.74, 6) is 0. The van der Waals surface area contributed by atoms with Crippen LogP contribution in [-0.2, 0) is 0 Å². The first-order valence-electron chi connectivity index (χ1n) is 1.29. The van der Waals surface area contributed by atoms with Gasteiger partial charge in [0.05, 0.1) is 0 Å². The Morgan fingerprint density at radius 3 is 1.50 bits per heavy atom. The van der Waals surface area contributed by atoms with E-state index < -0.39 is 6.03 Å². The molecule has 0 aromatic heterocycles. The van der Waals surface area contributed by atoms with Gasteiger partial charge in [-0.3, -0.25) is 0 Å². The molecule has 0 spiro atoms. The summed E-state index contributed by atoms with van der Waals surface area (Å²) in [6.07, 6.45) is 1.25. The second-order valence-corrected chi connectivity index (χ2v) is 0.531. The minimum atomic E-state index is -0.833. The first kappa shape index (κ1) is 15.7. The quantitative estimate of drug-likeness (QED) is 0.207. The number of nitrogens with two attached hydrogens (primary N) is 3. The van der Waals surface area contributed by atoms with Gasteiger partial charge in [-0.1, -0.05) is 0 Å². The predicted molar refractivity (Wildman–Crippen MR) is 29.3 cm³/mol. The van der Waals surface area contributed by atoms with Crippen LogP contribution in [0.3, 0.4) is 0 Å². The van der Waals surface area contributed by atoms with E-state index in [9.17, 15) is 0 Å². The van der Waals surface area contributed by atoms with Crippen LogP contribution in [0.2, 0.25) is 0 Å². The van der Waals surface area contributed by atoms with Gasteiger partial charge < -0.3 is 17.2 Å². The van der Waals surface area contributed by atoms with E-state index in [1.807, 2.05) is 0 Å². The van der Waals surface area contributed by atoms with Gasteiger partial charge in [0.1, 0.15) is 0 Å². The summed E-state index contributed by atoms with van der Waals surface area (Å²) in [5.41, 5.74) is 12.7. The molecule has 0 rings (SSSR count). The van der Waals surface area contributed by atoms with E-state index in [2.05, 4.69) is 17.2 Å². The van der Waals surface area contributed by atoms with Crippen molar-refractivity contribution in [1.29, 1.82) is 5.26 Å². The van der Waals surface area contributed by atoms with Crippen molar-refractivity contribution in [2.75, 3.05) is 0 Å². The van der Waals surface area contributed by atoms with E-state index in [-0.39, 0.29) is 37.7 Å². The van der Waals surface area contributed by atoms with E-state index in [1.54, 1.807) is 0 Å². The van der Waals surface area contributed by atoms with Gasteiger partial charge in [0.25, 0.3) is 0 Å². The molecule has 0 aliphatic carbocycles. The summed E-state index contributed by atoms with van der Waals surface area (Å²) in [7, 11) is 0. The van der Waals surface area contributed by atoms with Crippen molar-refractivity contribution in [3.05, 3.63) is 0 Å². The molecule has 0 bridgehead atoms. The maximum atomic E-state index is 9.00. The molecule has 0 saturated heterocycles. The fraction of sp³-hybridized carbons (Fsp3) is 0. The molecular weight excluding hydrogens is 136 g/mol. The van der Waals surface area contributed by atoms with Crippen molar-refractivity contribution in [2.24, 2.45) is 17.2 Å². The number of hydrogen-bond acceptors (Lipinski definition) is 3. The number of hydrogen-bond donors (Lipinski definition) is 3. The average Bonchev–Trinajstić information content (AvgIpc) is 1.33. The van der Waals surface area contributed by atoms with E-state index >= 15 is 0 Å². The van der Waals surface area contributed by atoms with Gasteiger partial charge in [-0.05, 0) is 0 Å². The Kier molecular flexibility index (Phi) is 31.0. The van der Waals surface area contributed by atoms with Crippen molar-refractivity contribution in [3.8, 4) is 6.19 Å². The number of carbonyl (C=O) groups excluding carboxylic acids is 1. The molecule has 0 atom stereocenters. The maximum absolute atomic E-state index is 9.00. The summed E-state index contributed by atoms with van der Waals surface area (Å²) in [6, 6.07) is -0.833. The molecule has 0 unspecified atom stereocenters. The molecule has 0 aromatic rings. The van der Waals surface area contributed by atoms with Crippen molar-refractivity contribution in [1.82, 2.24) is 0 Å². The molecule has 0 aliphatic rings. The van der Waals surface area contributed by atoms with E-state index in [1.165, 1.54) is 6.19 Å². The topological polar surface area (TPSA) is 119 Å². The number of carbonyl (C=O) groups is 1. The van der Waals surface area contributed by atoms with Crippen molar-refractivity contribution in [3.63, 3.8) is 0 Å². The third-order valence-electron chi connectivity index (χ3n) is 0. The number of primary amides is 2. The summed E-state index contributed by atoms with van der Waals surface area (Å²) in [5, 5.41) is 7.10. The van der Waals surface area contributed by atoms with Crippen LogP contribution < -0.4 is 17.2 Å². The minimum Gasteiger partial charge on any atom is -0.352 e. The molecule has 0 aromatic carbocycles. The Morgan fingerprint density at radius 1 is 1.50 bits per heavy atom. The number of nitrogens with zero attached hydrogens (tertiary/aromatic N) is 1. The van der Waals surface area contributed by atoms with Crippen LogP contribution >= 0.6 is 0 Å². The van der Waals surface area contributed by atoms with Crippen LogP contribution in [0, 0.1) is 11.5 Å². The van der Waals surface area contributed by atoms with Crippen molar-refractivity contribution >= 4 is 43.8 Å². The van der Waals surface area contributed by atoms with Gasteiger partial charge in [0.15, 0.2) is 6.19 Å². The normalized spacial score (nSPS) is 3.88. The maximum Gasteiger partial charge on any atom is 2.00 e. The van der Waals surface area contributed by atoms with Gasteiger partial charge >= 0.3 is 43.8 Å². The Hall–Kier alpha value is -0.180. The zero-order valence-corrected chi connectivity index (χ0v) is 6.50. The fourth-order valence-corrected chi connectivity index (χ4v) is 0. The van der Waals surface area contributed by atoms with Crippen LogP contribution in [0.1, 0.15) is 0 Å². The van der Waals surface area contributed by atoms with Crippen LogP contribution in [-0.4, -0.2) is 43.8 Å². The smallest absolute Gasteiger partial charge is 0.352 e. The first-order chi connectivity index (χ1) is 3.15. The number of amides is 2. The van der Waals surface area contributed by atoms with Gasteiger partial charge in [-0.25, -0.2) is 4.79 Å². The summed E-state index contributed by atoms with van der Waals surface area (Å²) in [6.45, 7) is 0. The second-order valence-electron chi connectivity index (χ2n) is 0.531. The summed E-state index contributed by atoms with van der Waals surface area (Å²) >= 11 is 0. The molecule has 8 heavy (non-hydrogen) atoms. The Balaban J connectivity index is -0.0000000575. The first-order valence-corrected chi connectivity index (χ1v) is 1.29.